The van der Waals surface area contributed by atoms with Crippen LogP contribution in [0, 0.1) is 5.92 Å². The second kappa shape index (κ2) is 7.00. The van der Waals surface area contributed by atoms with Crippen LogP contribution in [-0.2, 0) is 29.0 Å². The van der Waals surface area contributed by atoms with Crippen LogP contribution in [0.15, 0.2) is 24.3 Å². The number of esters is 1. The highest BCUT2D eigenvalue weighted by Crippen LogP contribution is 2.21. The van der Waals surface area contributed by atoms with E-state index in [0.717, 1.165) is 5.56 Å². The fraction of sp³-hybridized carbons (Fsp3) is 0.375. The van der Waals surface area contributed by atoms with Crippen molar-refractivity contribution in [2.24, 2.45) is 5.92 Å². The van der Waals surface area contributed by atoms with Crippen molar-refractivity contribution >= 4 is 23.5 Å². The minimum atomic E-state index is -0.325. The first kappa shape index (κ1) is 16.4. The van der Waals surface area contributed by atoms with Crippen LogP contribution in [0.1, 0.15) is 28.4 Å². The first-order valence-electron chi connectivity index (χ1n) is 7.61. The smallest absolute Gasteiger partial charge is 0.310 e. The molecule has 0 bridgehead atoms. The van der Waals surface area contributed by atoms with Gasteiger partial charge in [0.05, 0.1) is 13.0 Å². The van der Waals surface area contributed by atoms with E-state index in [2.05, 4.69) is 15.5 Å². The summed E-state index contributed by atoms with van der Waals surface area (Å²) in [5, 5.41) is 11.5. The summed E-state index contributed by atoms with van der Waals surface area (Å²) < 4.78 is 6.49. The van der Waals surface area contributed by atoms with Crippen molar-refractivity contribution < 1.29 is 14.3 Å². The molecule has 1 aromatic heterocycles. The molecule has 0 saturated heterocycles. The Balaban J connectivity index is 1.69. The van der Waals surface area contributed by atoms with Gasteiger partial charge in [-0.15, -0.1) is 10.2 Å². The largest absolute Gasteiger partial charge is 0.469 e. The van der Waals surface area contributed by atoms with Crippen LogP contribution < -0.4 is 5.32 Å². The molecule has 126 valence electrons. The number of carbonyl (C=O) groups excluding carboxylic acids is 2. The Kier molecular flexibility index (Phi) is 4.80. The number of benzene rings is 1. The van der Waals surface area contributed by atoms with Gasteiger partial charge in [-0.05, 0) is 24.1 Å². The quantitative estimate of drug-likeness (QED) is 0.848. The minimum Gasteiger partial charge on any atom is -0.469 e. The standard InChI is InChI=1S/C16H17ClN4O3/c1-24-16(23)11-4-7-13-19-20-14(21(13)9-11)15(22)18-8-10-2-5-12(17)6-3-10/h2-3,5-6,11H,4,7-9H2,1H3,(H,18,22). The highest BCUT2D eigenvalue weighted by molar-refractivity contribution is 6.30. The number of ether oxygens (including phenoxy) is 1. The number of hydrogen-bond acceptors (Lipinski definition) is 5. The first-order chi connectivity index (χ1) is 11.6. The van der Waals surface area contributed by atoms with Gasteiger partial charge in [0, 0.05) is 24.5 Å². The van der Waals surface area contributed by atoms with Crippen LogP contribution in [0.2, 0.25) is 5.02 Å². The SMILES string of the molecule is COC(=O)C1CCc2nnc(C(=O)NCc3ccc(Cl)cc3)n2C1. The number of carbonyl (C=O) groups is 2. The zero-order chi connectivity index (χ0) is 17.1. The zero-order valence-electron chi connectivity index (χ0n) is 13.2. The summed E-state index contributed by atoms with van der Waals surface area (Å²) in [7, 11) is 1.36. The molecule has 3 rings (SSSR count). The van der Waals surface area contributed by atoms with Crippen molar-refractivity contribution in [3.63, 3.8) is 0 Å². The number of fused-ring (bicyclic) bond motifs is 1. The van der Waals surface area contributed by atoms with E-state index in [9.17, 15) is 9.59 Å². The van der Waals surface area contributed by atoms with E-state index >= 15 is 0 Å². The Morgan fingerprint density at radius 2 is 2.08 bits per heavy atom. The Hall–Kier alpha value is -2.41. The third-order valence-electron chi connectivity index (χ3n) is 4.05. The molecule has 7 nitrogen and oxygen atoms in total. The third kappa shape index (κ3) is 3.41. The summed E-state index contributed by atoms with van der Waals surface area (Å²) in [6.07, 6.45) is 1.24. The molecule has 0 radical (unpaired) electrons. The second-order valence-corrected chi connectivity index (χ2v) is 6.05. The van der Waals surface area contributed by atoms with Crippen LogP contribution in [0.25, 0.3) is 0 Å². The lowest BCUT2D eigenvalue weighted by Crippen LogP contribution is -2.32. The van der Waals surface area contributed by atoms with E-state index in [4.69, 9.17) is 16.3 Å². The summed E-state index contributed by atoms with van der Waals surface area (Å²) in [6, 6.07) is 7.22. The van der Waals surface area contributed by atoms with Crippen molar-refractivity contribution in [3.05, 3.63) is 46.5 Å². The summed E-state index contributed by atoms with van der Waals surface area (Å²) >= 11 is 5.84. The normalized spacial score (nSPS) is 16.3. The molecule has 24 heavy (non-hydrogen) atoms. The van der Waals surface area contributed by atoms with Gasteiger partial charge in [0.15, 0.2) is 0 Å². The monoisotopic (exact) mass is 348 g/mol. The number of rotatable bonds is 4. The molecule has 0 aliphatic carbocycles. The predicted molar refractivity (Wildman–Crippen MR) is 86.5 cm³/mol. The van der Waals surface area contributed by atoms with Gasteiger partial charge in [0.2, 0.25) is 5.82 Å². The number of nitrogens with zero attached hydrogens (tertiary/aromatic N) is 3. The Morgan fingerprint density at radius 3 is 2.79 bits per heavy atom. The molecule has 2 heterocycles. The summed E-state index contributed by atoms with van der Waals surface area (Å²) in [5.74, 6) is 0.0526. The van der Waals surface area contributed by atoms with E-state index in [-0.39, 0.29) is 23.6 Å². The number of methoxy groups -OCH3 is 1. The molecule has 1 aromatic carbocycles. The molecule has 0 fully saturated rings. The molecule has 0 spiro atoms. The lowest BCUT2D eigenvalue weighted by Gasteiger charge is -2.22. The Bertz CT molecular complexity index is 757. The molecule has 1 atom stereocenters. The molecular weight excluding hydrogens is 332 g/mol. The molecule has 1 aliphatic rings. The number of halogens is 1. The van der Waals surface area contributed by atoms with Gasteiger partial charge in [0.25, 0.3) is 5.91 Å². The minimum absolute atomic E-state index is 0.215. The fourth-order valence-electron chi connectivity index (χ4n) is 2.72. The van der Waals surface area contributed by atoms with Crippen molar-refractivity contribution in [2.75, 3.05) is 7.11 Å². The van der Waals surface area contributed by atoms with E-state index in [1.807, 2.05) is 12.1 Å². The molecular formula is C16H17ClN4O3. The molecule has 1 amide bonds. The van der Waals surface area contributed by atoms with E-state index in [0.29, 0.717) is 36.8 Å². The number of amides is 1. The molecule has 2 aromatic rings. The molecule has 0 saturated carbocycles. The highest BCUT2D eigenvalue weighted by Gasteiger charge is 2.30. The zero-order valence-corrected chi connectivity index (χ0v) is 13.9. The number of nitrogens with one attached hydrogen (secondary N) is 1. The van der Waals surface area contributed by atoms with Crippen LogP contribution in [0.5, 0.6) is 0 Å². The summed E-state index contributed by atoms with van der Waals surface area (Å²) in [5.41, 5.74) is 0.929. The number of aromatic nitrogens is 3. The van der Waals surface area contributed by atoms with Gasteiger partial charge in [-0.1, -0.05) is 23.7 Å². The van der Waals surface area contributed by atoms with Crippen molar-refractivity contribution in [3.8, 4) is 0 Å². The number of aryl methyl sites for hydroxylation is 1. The van der Waals surface area contributed by atoms with E-state index < -0.39 is 0 Å². The average Bonchev–Trinajstić information content (AvgIpc) is 3.03. The van der Waals surface area contributed by atoms with Crippen molar-refractivity contribution in [1.29, 1.82) is 0 Å². The molecule has 1 aliphatic heterocycles. The maximum Gasteiger partial charge on any atom is 0.310 e. The third-order valence-corrected chi connectivity index (χ3v) is 4.30. The fourth-order valence-corrected chi connectivity index (χ4v) is 2.84. The average molecular weight is 349 g/mol. The van der Waals surface area contributed by atoms with Crippen molar-refractivity contribution in [2.45, 2.75) is 25.9 Å². The summed E-state index contributed by atoms with van der Waals surface area (Å²) in [6.45, 7) is 0.720. The van der Waals surface area contributed by atoms with Crippen LogP contribution in [0.4, 0.5) is 0 Å². The lowest BCUT2D eigenvalue weighted by atomic mass is 9.99. The molecule has 8 heteroatoms. The van der Waals surface area contributed by atoms with Gasteiger partial charge in [-0.3, -0.25) is 9.59 Å². The topological polar surface area (TPSA) is 86.1 Å². The van der Waals surface area contributed by atoms with Gasteiger partial charge < -0.3 is 14.6 Å². The number of hydrogen-bond donors (Lipinski definition) is 1. The molecule has 1 N–H and O–H groups in total. The Labute approximate surface area is 144 Å². The van der Waals surface area contributed by atoms with Gasteiger partial charge in [-0.2, -0.15) is 0 Å². The second-order valence-electron chi connectivity index (χ2n) is 5.62. The van der Waals surface area contributed by atoms with Crippen LogP contribution in [0.3, 0.4) is 0 Å². The van der Waals surface area contributed by atoms with Crippen LogP contribution in [-0.4, -0.2) is 33.8 Å². The Morgan fingerprint density at radius 1 is 1.33 bits per heavy atom. The predicted octanol–water partition coefficient (Wildman–Crippen LogP) is 1.60. The maximum atomic E-state index is 12.4. The van der Waals surface area contributed by atoms with Gasteiger partial charge >= 0.3 is 5.97 Å². The van der Waals surface area contributed by atoms with Gasteiger partial charge in [-0.25, -0.2) is 0 Å². The lowest BCUT2D eigenvalue weighted by molar-refractivity contribution is -0.146. The van der Waals surface area contributed by atoms with Gasteiger partial charge in [0.1, 0.15) is 5.82 Å². The van der Waals surface area contributed by atoms with E-state index in [1.165, 1.54) is 7.11 Å². The van der Waals surface area contributed by atoms with Crippen LogP contribution >= 0.6 is 11.6 Å². The highest BCUT2D eigenvalue weighted by atomic mass is 35.5. The van der Waals surface area contributed by atoms with E-state index in [1.54, 1.807) is 16.7 Å². The molecule has 1 unspecified atom stereocenters. The summed E-state index contributed by atoms with van der Waals surface area (Å²) in [4.78, 5) is 24.1. The first-order valence-corrected chi connectivity index (χ1v) is 7.99. The van der Waals surface area contributed by atoms with Crippen molar-refractivity contribution in [1.82, 2.24) is 20.1 Å². The maximum absolute atomic E-state index is 12.4.